The average Bonchev–Trinajstić information content (AvgIpc) is 3.22. The molecule has 0 saturated carbocycles. The Morgan fingerprint density at radius 1 is 1.21 bits per heavy atom. The lowest BCUT2D eigenvalue weighted by atomic mass is 10.1. The predicted molar refractivity (Wildman–Crippen MR) is 102 cm³/mol. The molecular formula is C20H15ClN2O5. The van der Waals surface area contributed by atoms with Crippen LogP contribution in [-0.4, -0.2) is 22.7 Å². The minimum atomic E-state index is -0.869. The number of fused-ring (bicyclic) bond motifs is 1. The van der Waals surface area contributed by atoms with Crippen LogP contribution in [-0.2, 0) is 6.42 Å². The second kappa shape index (κ2) is 7.01. The van der Waals surface area contributed by atoms with E-state index in [4.69, 9.17) is 20.8 Å². The quantitative estimate of drug-likeness (QED) is 0.519. The van der Waals surface area contributed by atoms with Crippen molar-refractivity contribution < 1.29 is 18.5 Å². The Bertz CT molecular complexity index is 1230. The number of benzene rings is 2. The van der Waals surface area contributed by atoms with Crippen LogP contribution in [0.1, 0.15) is 27.5 Å². The lowest BCUT2D eigenvalue weighted by Crippen LogP contribution is -2.13. The van der Waals surface area contributed by atoms with Crippen LogP contribution in [0.25, 0.3) is 10.9 Å². The van der Waals surface area contributed by atoms with Crippen LogP contribution in [0.5, 0.6) is 5.75 Å². The fourth-order valence-electron chi connectivity index (χ4n) is 3.24. The average molecular weight is 399 g/mol. The number of nitrogens with zero attached hydrogens (tertiary/aromatic N) is 2. The zero-order valence-corrected chi connectivity index (χ0v) is 15.8. The molecule has 0 unspecified atom stereocenters. The van der Waals surface area contributed by atoms with Crippen LogP contribution < -0.4 is 10.6 Å². The van der Waals surface area contributed by atoms with Crippen molar-refractivity contribution in [2.24, 2.45) is 0 Å². The summed E-state index contributed by atoms with van der Waals surface area (Å²) in [4.78, 5) is 24.4. The van der Waals surface area contributed by atoms with Crippen molar-refractivity contribution in [3.63, 3.8) is 0 Å². The molecule has 0 aliphatic heterocycles. The van der Waals surface area contributed by atoms with Gasteiger partial charge >= 0.3 is 5.82 Å². The molecule has 2 aromatic carbocycles. The second-order valence-electron chi connectivity index (χ2n) is 6.20. The summed E-state index contributed by atoms with van der Waals surface area (Å²) in [5.41, 5.74) is 2.70. The summed E-state index contributed by atoms with van der Waals surface area (Å²) in [6.07, 6.45) is 0.197. The summed E-state index contributed by atoms with van der Waals surface area (Å²) >= 11 is 5.93. The van der Waals surface area contributed by atoms with Gasteiger partial charge in [-0.25, -0.2) is 4.79 Å². The molecule has 0 N–H and O–H groups in total. The Morgan fingerprint density at radius 2 is 1.96 bits per heavy atom. The number of aromatic nitrogens is 2. The third-order valence-electron chi connectivity index (χ3n) is 4.59. The van der Waals surface area contributed by atoms with Gasteiger partial charge in [0.05, 0.1) is 19.0 Å². The summed E-state index contributed by atoms with van der Waals surface area (Å²) in [6.45, 7) is 1.83. The van der Waals surface area contributed by atoms with Gasteiger partial charge in [0.1, 0.15) is 5.75 Å². The van der Waals surface area contributed by atoms with Gasteiger partial charge in [0, 0.05) is 21.7 Å². The summed E-state index contributed by atoms with van der Waals surface area (Å²) in [5.74, 6) is -0.288. The molecule has 142 valence electrons. The molecule has 0 amide bonds. The van der Waals surface area contributed by atoms with E-state index in [9.17, 15) is 9.59 Å². The molecule has 4 aromatic rings. The molecule has 0 atom stereocenters. The SMILES string of the molecule is COc1ccc2c(c1)c(Cc1noc(=O)o1)c(C)n2C(=O)c1ccc(Cl)cc1. The zero-order valence-electron chi connectivity index (χ0n) is 15.1. The Balaban J connectivity index is 1.90. The molecule has 0 radical (unpaired) electrons. The monoisotopic (exact) mass is 398 g/mol. The van der Waals surface area contributed by atoms with Gasteiger partial charge in [-0.3, -0.25) is 13.9 Å². The molecule has 4 rings (SSSR count). The van der Waals surface area contributed by atoms with Crippen molar-refractivity contribution in [1.82, 2.24) is 9.72 Å². The van der Waals surface area contributed by atoms with Gasteiger partial charge in [0.25, 0.3) is 5.91 Å². The molecule has 7 nitrogen and oxygen atoms in total. The van der Waals surface area contributed by atoms with E-state index >= 15 is 0 Å². The van der Waals surface area contributed by atoms with E-state index < -0.39 is 5.82 Å². The zero-order chi connectivity index (χ0) is 19.8. The number of methoxy groups -OCH3 is 1. The number of carbonyl (C=O) groups is 1. The van der Waals surface area contributed by atoms with Crippen LogP contribution in [0.3, 0.4) is 0 Å². The van der Waals surface area contributed by atoms with Crippen molar-refractivity contribution in [1.29, 1.82) is 0 Å². The molecule has 0 bridgehead atoms. The van der Waals surface area contributed by atoms with Gasteiger partial charge < -0.3 is 9.15 Å². The maximum Gasteiger partial charge on any atom is 0.542 e. The minimum absolute atomic E-state index is 0.133. The van der Waals surface area contributed by atoms with E-state index in [-0.39, 0.29) is 18.2 Å². The Kier molecular flexibility index (Phi) is 4.52. The fourth-order valence-corrected chi connectivity index (χ4v) is 3.36. The van der Waals surface area contributed by atoms with Crippen molar-refractivity contribution >= 4 is 28.4 Å². The highest BCUT2D eigenvalue weighted by Gasteiger charge is 2.22. The van der Waals surface area contributed by atoms with Crippen molar-refractivity contribution in [3.8, 4) is 5.75 Å². The standard InChI is InChI=1S/C20H15ClN2O5/c1-11-15(10-18-22-28-20(25)27-18)16-9-14(26-2)7-8-17(16)23(11)19(24)12-3-5-13(21)6-4-12/h3-9H,10H2,1-2H3. The number of halogens is 1. The number of hydrogen-bond donors (Lipinski definition) is 0. The highest BCUT2D eigenvalue weighted by Crippen LogP contribution is 2.31. The highest BCUT2D eigenvalue weighted by molar-refractivity contribution is 6.30. The minimum Gasteiger partial charge on any atom is -0.497 e. The molecule has 0 spiro atoms. The van der Waals surface area contributed by atoms with Crippen LogP contribution in [0.15, 0.2) is 56.2 Å². The first-order valence-electron chi connectivity index (χ1n) is 8.42. The van der Waals surface area contributed by atoms with E-state index in [0.717, 1.165) is 10.9 Å². The molecule has 8 heteroatoms. The van der Waals surface area contributed by atoms with Gasteiger partial charge in [-0.1, -0.05) is 11.6 Å². The maximum atomic E-state index is 13.2. The van der Waals surface area contributed by atoms with Crippen molar-refractivity contribution in [3.05, 3.63) is 80.8 Å². The summed E-state index contributed by atoms with van der Waals surface area (Å²) < 4.78 is 16.4. The number of ether oxygens (including phenoxy) is 1. The van der Waals surface area contributed by atoms with Crippen molar-refractivity contribution in [2.75, 3.05) is 7.11 Å². The molecule has 0 aliphatic rings. The summed E-state index contributed by atoms with van der Waals surface area (Å²) in [7, 11) is 1.57. The van der Waals surface area contributed by atoms with E-state index in [1.165, 1.54) is 0 Å². The van der Waals surface area contributed by atoms with Gasteiger partial charge in [-0.15, -0.1) is 0 Å². The van der Waals surface area contributed by atoms with Crippen LogP contribution >= 0.6 is 11.6 Å². The highest BCUT2D eigenvalue weighted by atomic mass is 35.5. The molecule has 28 heavy (non-hydrogen) atoms. The molecule has 2 heterocycles. The number of hydrogen-bond acceptors (Lipinski definition) is 6. The first-order valence-corrected chi connectivity index (χ1v) is 8.79. The first kappa shape index (κ1) is 18.1. The Morgan fingerprint density at radius 3 is 2.61 bits per heavy atom. The third kappa shape index (κ3) is 3.10. The van der Waals surface area contributed by atoms with Crippen LogP contribution in [0.4, 0.5) is 0 Å². The third-order valence-corrected chi connectivity index (χ3v) is 4.84. The molecule has 0 saturated heterocycles. The van der Waals surface area contributed by atoms with Gasteiger partial charge in [-0.2, -0.15) is 0 Å². The lowest BCUT2D eigenvalue weighted by molar-refractivity contribution is 0.0963. The first-order chi connectivity index (χ1) is 13.5. The second-order valence-corrected chi connectivity index (χ2v) is 6.64. The Hall–Kier alpha value is -3.32. The van der Waals surface area contributed by atoms with Crippen LogP contribution in [0.2, 0.25) is 5.02 Å². The number of rotatable bonds is 4. The van der Waals surface area contributed by atoms with Crippen LogP contribution in [0, 0.1) is 6.92 Å². The maximum absolute atomic E-state index is 13.2. The predicted octanol–water partition coefficient (Wildman–Crippen LogP) is 3.83. The smallest absolute Gasteiger partial charge is 0.497 e. The fraction of sp³-hybridized carbons (Fsp3) is 0.150. The van der Waals surface area contributed by atoms with Gasteiger partial charge in [-0.05, 0) is 60.1 Å². The van der Waals surface area contributed by atoms with Gasteiger partial charge in [0.15, 0.2) is 0 Å². The normalized spacial score (nSPS) is 11.1. The van der Waals surface area contributed by atoms with E-state index in [1.807, 2.05) is 19.1 Å². The molecular weight excluding hydrogens is 384 g/mol. The summed E-state index contributed by atoms with van der Waals surface area (Å²) in [5, 5.41) is 4.98. The van der Waals surface area contributed by atoms with E-state index in [1.54, 1.807) is 42.0 Å². The van der Waals surface area contributed by atoms with Crippen molar-refractivity contribution in [2.45, 2.75) is 13.3 Å². The lowest BCUT2D eigenvalue weighted by Gasteiger charge is -2.08. The molecule has 2 aromatic heterocycles. The largest absolute Gasteiger partial charge is 0.542 e. The number of carbonyl (C=O) groups excluding carboxylic acids is 1. The van der Waals surface area contributed by atoms with E-state index in [2.05, 4.69) is 9.68 Å². The Labute approximate surface area is 164 Å². The topological polar surface area (TPSA) is 87.5 Å². The molecule has 0 aliphatic carbocycles. The summed E-state index contributed by atoms with van der Waals surface area (Å²) in [6, 6.07) is 12.1. The van der Waals surface area contributed by atoms with E-state index in [0.29, 0.717) is 27.5 Å². The van der Waals surface area contributed by atoms with Gasteiger partial charge in [0.2, 0.25) is 5.89 Å². The molecule has 0 fully saturated rings.